The van der Waals surface area contributed by atoms with Gasteiger partial charge in [-0.15, -0.1) is 0 Å². The monoisotopic (exact) mass is 212 g/mol. The molecular weight excluding hydrogens is 192 g/mol. The molecule has 1 aliphatic heterocycles. The highest BCUT2D eigenvalue weighted by Gasteiger charge is 2.40. The van der Waals surface area contributed by atoms with Crippen LogP contribution in [0.1, 0.15) is 25.7 Å². The number of carbonyl (C=O) groups is 1. The Morgan fingerprint density at radius 2 is 2.33 bits per heavy atom. The minimum atomic E-state index is -0.155. The van der Waals surface area contributed by atoms with E-state index in [1.54, 1.807) is 7.11 Å². The third kappa shape index (κ3) is 2.16. The maximum Gasteiger partial charge on any atom is 0.221 e. The van der Waals surface area contributed by atoms with Gasteiger partial charge in [0.25, 0.3) is 0 Å². The second-order valence-electron chi connectivity index (χ2n) is 4.86. The summed E-state index contributed by atoms with van der Waals surface area (Å²) in [6, 6.07) is 0. The fourth-order valence-electron chi connectivity index (χ4n) is 2.61. The summed E-state index contributed by atoms with van der Waals surface area (Å²) < 4.78 is 5.57. The molecule has 1 heterocycles. The van der Waals surface area contributed by atoms with Gasteiger partial charge in [-0.3, -0.25) is 9.69 Å². The molecule has 0 aromatic heterocycles. The first kappa shape index (κ1) is 10.9. The van der Waals surface area contributed by atoms with Crippen LogP contribution in [0.4, 0.5) is 0 Å². The van der Waals surface area contributed by atoms with E-state index in [9.17, 15) is 4.79 Å². The second kappa shape index (κ2) is 4.10. The zero-order valence-corrected chi connectivity index (χ0v) is 9.37. The summed E-state index contributed by atoms with van der Waals surface area (Å²) in [5, 5.41) is 0. The molecule has 0 spiro atoms. The number of nitrogens with two attached hydrogens (primary N) is 1. The SMILES string of the molecule is COC1(CN2CCC(C(N)=O)C2)CCC1. The standard InChI is InChI=1S/C11H20N2O2/c1-15-11(4-2-5-11)8-13-6-3-9(7-13)10(12)14/h9H,2-8H2,1H3,(H2,12,14). The molecule has 2 aliphatic rings. The molecule has 0 aromatic rings. The van der Waals surface area contributed by atoms with Crippen molar-refractivity contribution in [2.24, 2.45) is 11.7 Å². The number of rotatable bonds is 4. The molecule has 4 heteroatoms. The summed E-state index contributed by atoms with van der Waals surface area (Å²) in [5.41, 5.74) is 5.38. The lowest BCUT2D eigenvalue weighted by molar-refractivity contribution is -0.121. The van der Waals surface area contributed by atoms with Crippen molar-refractivity contribution in [1.82, 2.24) is 4.90 Å². The van der Waals surface area contributed by atoms with Gasteiger partial charge in [0.2, 0.25) is 5.91 Å². The highest BCUT2D eigenvalue weighted by molar-refractivity contribution is 5.77. The molecule has 1 unspecified atom stereocenters. The number of nitrogens with zero attached hydrogens (tertiary/aromatic N) is 1. The molecule has 15 heavy (non-hydrogen) atoms. The Bertz CT molecular complexity index is 245. The van der Waals surface area contributed by atoms with Gasteiger partial charge in [0.1, 0.15) is 0 Å². The van der Waals surface area contributed by atoms with Gasteiger partial charge in [-0.2, -0.15) is 0 Å². The number of carbonyl (C=O) groups excluding carboxylic acids is 1. The number of amides is 1. The Morgan fingerprint density at radius 1 is 1.60 bits per heavy atom. The number of hydrogen-bond acceptors (Lipinski definition) is 3. The molecule has 1 aliphatic carbocycles. The van der Waals surface area contributed by atoms with Crippen LogP contribution in [-0.2, 0) is 9.53 Å². The summed E-state index contributed by atoms with van der Waals surface area (Å²) in [7, 11) is 1.79. The largest absolute Gasteiger partial charge is 0.377 e. The van der Waals surface area contributed by atoms with Crippen LogP contribution in [-0.4, -0.2) is 43.2 Å². The van der Waals surface area contributed by atoms with Crippen molar-refractivity contribution in [1.29, 1.82) is 0 Å². The van der Waals surface area contributed by atoms with Crippen LogP contribution >= 0.6 is 0 Å². The van der Waals surface area contributed by atoms with E-state index in [4.69, 9.17) is 10.5 Å². The van der Waals surface area contributed by atoms with Crippen molar-refractivity contribution in [2.75, 3.05) is 26.7 Å². The Hall–Kier alpha value is -0.610. The topological polar surface area (TPSA) is 55.6 Å². The van der Waals surface area contributed by atoms with E-state index >= 15 is 0 Å². The van der Waals surface area contributed by atoms with E-state index in [2.05, 4.69) is 4.90 Å². The number of ether oxygens (including phenoxy) is 1. The average Bonchev–Trinajstić information content (AvgIpc) is 2.59. The zero-order chi connectivity index (χ0) is 10.9. The minimum absolute atomic E-state index is 0.0546. The van der Waals surface area contributed by atoms with E-state index < -0.39 is 0 Å². The van der Waals surface area contributed by atoms with Crippen LogP contribution in [0.5, 0.6) is 0 Å². The number of primary amides is 1. The van der Waals surface area contributed by atoms with Crippen molar-refractivity contribution < 1.29 is 9.53 Å². The first-order chi connectivity index (χ1) is 7.15. The third-order valence-corrected chi connectivity index (χ3v) is 3.88. The van der Waals surface area contributed by atoms with Crippen LogP contribution in [0.15, 0.2) is 0 Å². The smallest absolute Gasteiger partial charge is 0.221 e. The quantitative estimate of drug-likeness (QED) is 0.732. The average molecular weight is 212 g/mol. The number of methoxy groups -OCH3 is 1. The van der Waals surface area contributed by atoms with E-state index in [1.807, 2.05) is 0 Å². The van der Waals surface area contributed by atoms with Crippen LogP contribution in [0.25, 0.3) is 0 Å². The molecule has 86 valence electrons. The van der Waals surface area contributed by atoms with Gasteiger partial charge in [0, 0.05) is 20.2 Å². The second-order valence-corrected chi connectivity index (χ2v) is 4.86. The molecule has 1 amide bonds. The van der Waals surface area contributed by atoms with Gasteiger partial charge in [-0.25, -0.2) is 0 Å². The van der Waals surface area contributed by atoms with Gasteiger partial charge >= 0.3 is 0 Å². The Labute approximate surface area is 90.8 Å². The van der Waals surface area contributed by atoms with Crippen molar-refractivity contribution in [3.05, 3.63) is 0 Å². The van der Waals surface area contributed by atoms with Gasteiger partial charge < -0.3 is 10.5 Å². The van der Waals surface area contributed by atoms with Crippen molar-refractivity contribution in [3.8, 4) is 0 Å². The molecule has 2 rings (SSSR count). The lowest BCUT2D eigenvalue weighted by Gasteiger charge is -2.43. The molecule has 0 aromatic carbocycles. The molecule has 1 atom stereocenters. The summed E-state index contributed by atoms with van der Waals surface area (Å²) >= 11 is 0. The normalized spacial score (nSPS) is 30.1. The summed E-state index contributed by atoms with van der Waals surface area (Å²) in [6.07, 6.45) is 4.48. The van der Waals surface area contributed by atoms with Crippen molar-refractivity contribution >= 4 is 5.91 Å². The molecule has 2 N–H and O–H groups in total. The van der Waals surface area contributed by atoms with Crippen molar-refractivity contribution in [3.63, 3.8) is 0 Å². The first-order valence-electron chi connectivity index (χ1n) is 5.72. The number of likely N-dealkylation sites (tertiary alicyclic amines) is 1. The molecular formula is C11H20N2O2. The van der Waals surface area contributed by atoms with Crippen LogP contribution in [0.2, 0.25) is 0 Å². The first-order valence-corrected chi connectivity index (χ1v) is 5.72. The molecule has 1 saturated carbocycles. The number of hydrogen-bond donors (Lipinski definition) is 1. The Balaban J connectivity index is 1.84. The molecule has 2 fully saturated rings. The predicted octanol–water partition coefficient (Wildman–Crippen LogP) is 0.363. The maximum atomic E-state index is 11.0. The summed E-state index contributed by atoms with van der Waals surface area (Å²) in [4.78, 5) is 13.3. The van der Waals surface area contributed by atoms with E-state index in [-0.39, 0.29) is 17.4 Å². The van der Waals surface area contributed by atoms with E-state index in [1.165, 1.54) is 6.42 Å². The Morgan fingerprint density at radius 3 is 2.73 bits per heavy atom. The van der Waals surface area contributed by atoms with Gasteiger partial charge in [-0.1, -0.05) is 0 Å². The van der Waals surface area contributed by atoms with Crippen LogP contribution in [0, 0.1) is 5.92 Å². The Kier molecular flexibility index (Phi) is 2.98. The minimum Gasteiger partial charge on any atom is -0.377 e. The molecule has 1 saturated heterocycles. The van der Waals surface area contributed by atoms with Gasteiger partial charge in [-0.05, 0) is 32.2 Å². The van der Waals surface area contributed by atoms with Gasteiger partial charge in [0.15, 0.2) is 0 Å². The summed E-state index contributed by atoms with van der Waals surface area (Å²) in [5.74, 6) is -0.100. The predicted molar refractivity (Wildman–Crippen MR) is 57.3 cm³/mol. The molecule has 0 radical (unpaired) electrons. The fourth-order valence-corrected chi connectivity index (χ4v) is 2.61. The lowest BCUT2D eigenvalue weighted by atomic mass is 9.79. The van der Waals surface area contributed by atoms with Crippen LogP contribution in [0.3, 0.4) is 0 Å². The van der Waals surface area contributed by atoms with Crippen LogP contribution < -0.4 is 5.73 Å². The maximum absolute atomic E-state index is 11.0. The van der Waals surface area contributed by atoms with Gasteiger partial charge in [0.05, 0.1) is 11.5 Å². The lowest BCUT2D eigenvalue weighted by Crippen LogP contribution is -2.49. The highest BCUT2D eigenvalue weighted by Crippen LogP contribution is 2.36. The summed E-state index contributed by atoms with van der Waals surface area (Å²) in [6.45, 7) is 2.77. The zero-order valence-electron chi connectivity index (χ0n) is 9.37. The highest BCUT2D eigenvalue weighted by atomic mass is 16.5. The molecule has 4 nitrogen and oxygen atoms in total. The van der Waals surface area contributed by atoms with E-state index in [0.717, 1.165) is 38.9 Å². The fraction of sp³-hybridized carbons (Fsp3) is 0.909. The molecule has 0 bridgehead atoms. The van der Waals surface area contributed by atoms with Crippen molar-refractivity contribution in [2.45, 2.75) is 31.3 Å². The third-order valence-electron chi connectivity index (χ3n) is 3.88. The van der Waals surface area contributed by atoms with E-state index in [0.29, 0.717) is 0 Å².